The molecule has 0 radical (unpaired) electrons. The Morgan fingerprint density at radius 2 is 2.24 bits per heavy atom. The van der Waals surface area contributed by atoms with E-state index in [1.165, 1.54) is 0 Å². The fourth-order valence-corrected chi connectivity index (χ4v) is 2.14. The van der Waals surface area contributed by atoms with E-state index in [9.17, 15) is 10.2 Å². The smallest absolute Gasteiger partial charge is 0.123 e. The van der Waals surface area contributed by atoms with Gasteiger partial charge in [-0.1, -0.05) is 6.07 Å². The van der Waals surface area contributed by atoms with E-state index in [1.54, 1.807) is 19.1 Å². The number of aliphatic hydroxyl groups excluding tert-OH is 1. The lowest BCUT2D eigenvalue weighted by Crippen LogP contribution is -2.31. The van der Waals surface area contributed by atoms with Crippen LogP contribution in [0.4, 0.5) is 5.69 Å². The number of hydrogen-bond donors (Lipinski definition) is 2. The Kier molecular flexibility index (Phi) is 3.54. The zero-order valence-corrected chi connectivity index (χ0v) is 10.3. The summed E-state index contributed by atoms with van der Waals surface area (Å²) in [6.45, 7) is 3.17. The first-order valence-electron chi connectivity index (χ1n) is 5.91. The van der Waals surface area contributed by atoms with Crippen molar-refractivity contribution >= 4 is 5.69 Å². The molecule has 17 heavy (non-hydrogen) atoms. The molecule has 4 nitrogen and oxygen atoms in total. The molecule has 94 valence electrons. The van der Waals surface area contributed by atoms with Crippen LogP contribution in [-0.2, 0) is 4.74 Å². The first-order chi connectivity index (χ1) is 8.09. The molecule has 4 heteroatoms. The van der Waals surface area contributed by atoms with Crippen molar-refractivity contribution in [2.45, 2.75) is 25.5 Å². The number of phenolic OH excluding ortho intramolecular Hbond substituents is 1. The standard InChI is InChI=1S/C13H19NO3/c1-9(15)12-4-3-10(7-13(12)16)14(2)11-5-6-17-8-11/h3-4,7,9,11,15-16H,5-6,8H2,1-2H3. The van der Waals surface area contributed by atoms with Gasteiger partial charge in [-0.2, -0.15) is 0 Å². The molecule has 2 atom stereocenters. The summed E-state index contributed by atoms with van der Waals surface area (Å²) in [6, 6.07) is 5.74. The molecule has 1 fully saturated rings. The Morgan fingerprint density at radius 3 is 2.76 bits per heavy atom. The molecule has 0 amide bonds. The van der Waals surface area contributed by atoms with Gasteiger partial charge in [-0.05, 0) is 19.4 Å². The van der Waals surface area contributed by atoms with E-state index in [4.69, 9.17) is 4.74 Å². The molecule has 1 heterocycles. The van der Waals surface area contributed by atoms with Gasteiger partial charge in [0, 0.05) is 31.0 Å². The molecule has 0 aliphatic carbocycles. The van der Waals surface area contributed by atoms with Gasteiger partial charge in [-0.15, -0.1) is 0 Å². The SMILES string of the molecule is CC(O)c1ccc(N(C)C2CCOC2)cc1O. The van der Waals surface area contributed by atoms with Gasteiger partial charge < -0.3 is 19.8 Å². The van der Waals surface area contributed by atoms with Crippen molar-refractivity contribution in [2.24, 2.45) is 0 Å². The van der Waals surface area contributed by atoms with E-state index in [0.29, 0.717) is 11.6 Å². The van der Waals surface area contributed by atoms with Gasteiger partial charge in [-0.3, -0.25) is 0 Å². The third-order valence-corrected chi connectivity index (χ3v) is 3.32. The number of anilines is 1. The first-order valence-corrected chi connectivity index (χ1v) is 5.91. The largest absolute Gasteiger partial charge is 0.507 e. The molecule has 1 saturated heterocycles. The molecule has 2 N–H and O–H groups in total. The van der Waals surface area contributed by atoms with Gasteiger partial charge in [0.1, 0.15) is 5.75 Å². The molecule has 0 spiro atoms. The molecule has 1 aliphatic heterocycles. The number of nitrogens with zero attached hydrogens (tertiary/aromatic N) is 1. The number of benzene rings is 1. The summed E-state index contributed by atoms with van der Waals surface area (Å²) in [6.07, 6.45) is 0.360. The zero-order valence-electron chi connectivity index (χ0n) is 10.3. The second kappa shape index (κ2) is 4.94. The molecular formula is C13H19NO3. The highest BCUT2D eigenvalue weighted by Gasteiger charge is 2.21. The number of likely N-dealkylation sites (N-methyl/N-ethyl adjacent to an activating group) is 1. The van der Waals surface area contributed by atoms with Gasteiger partial charge >= 0.3 is 0 Å². The van der Waals surface area contributed by atoms with Gasteiger partial charge in [0.05, 0.1) is 18.8 Å². The Hall–Kier alpha value is -1.26. The maximum atomic E-state index is 9.84. The number of aliphatic hydroxyl groups is 1. The Balaban J connectivity index is 2.18. The fourth-order valence-electron chi connectivity index (χ4n) is 2.14. The summed E-state index contributed by atoms with van der Waals surface area (Å²) in [5.41, 5.74) is 1.51. The van der Waals surface area contributed by atoms with Crippen molar-refractivity contribution in [1.29, 1.82) is 0 Å². The second-order valence-electron chi connectivity index (χ2n) is 4.55. The van der Waals surface area contributed by atoms with Gasteiger partial charge in [-0.25, -0.2) is 0 Å². The molecule has 1 aromatic rings. The molecule has 2 unspecified atom stereocenters. The van der Waals surface area contributed by atoms with Crippen molar-refractivity contribution in [1.82, 2.24) is 0 Å². The minimum atomic E-state index is -0.649. The van der Waals surface area contributed by atoms with Crippen LogP contribution in [0.1, 0.15) is 25.0 Å². The highest BCUT2D eigenvalue weighted by Crippen LogP contribution is 2.30. The summed E-state index contributed by atoms with van der Waals surface area (Å²) in [5, 5.41) is 19.3. The maximum Gasteiger partial charge on any atom is 0.123 e. The van der Waals surface area contributed by atoms with E-state index < -0.39 is 6.10 Å². The summed E-state index contributed by atoms with van der Waals surface area (Å²) in [5.74, 6) is 0.142. The predicted octanol–water partition coefficient (Wildman–Crippen LogP) is 1.67. The zero-order chi connectivity index (χ0) is 12.4. The lowest BCUT2D eigenvalue weighted by atomic mass is 10.1. The van der Waals surface area contributed by atoms with E-state index in [1.807, 2.05) is 13.1 Å². The average Bonchev–Trinajstić information content (AvgIpc) is 2.80. The lowest BCUT2D eigenvalue weighted by Gasteiger charge is -2.26. The van der Waals surface area contributed by atoms with Crippen molar-refractivity contribution < 1.29 is 14.9 Å². The third kappa shape index (κ3) is 2.53. The van der Waals surface area contributed by atoms with Gasteiger partial charge in [0.25, 0.3) is 0 Å². The van der Waals surface area contributed by atoms with Crippen molar-refractivity contribution in [3.63, 3.8) is 0 Å². The number of aromatic hydroxyl groups is 1. The van der Waals surface area contributed by atoms with Crippen LogP contribution in [0.15, 0.2) is 18.2 Å². The van der Waals surface area contributed by atoms with Crippen LogP contribution in [0, 0.1) is 0 Å². The maximum absolute atomic E-state index is 9.84. The normalized spacial score (nSPS) is 21.5. The molecule has 0 saturated carbocycles. The number of phenols is 1. The van der Waals surface area contributed by atoms with Crippen molar-refractivity contribution in [2.75, 3.05) is 25.2 Å². The minimum absolute atomic E-state index is 0.142. The van der Waals surface area contributed by atoms with Gasteiger partial charge in [0.15, 0.2) is 0 Å². The van der Waals surface area contributed by atoms with Crippen LogP contribution in [0.5, 0.6) is 5.75 Å². The van der Waals surface area contributed by atoms with Crippen LogP contribution in [0.2, 0.25) is 0 Å². The Labute approximate surface area is 101 Å². The molecule has 0 bridgehead atoms. The summed E-state index contributed by atoms with van der Waals surface area (Å²) in [7, 11) is 2.00. The average molecular weight is 237 g/mol. The molecular weight excluding hydrogens is 218 g/mol. The molecule has 1 aliphatic rings. The summed E-state index contributed by atoms with van der Waals surface area (Å²) >= 11 is 0. The fraction of sp³-hybridized carbons (Fsp3) is 0.538. The Morgan fingerprint density at radius 1 is 1.47 bits per heavy atom. The summed E-state index contributed by atoms with van der Waals surface area (Å²) in [4.78, 5) is 2.11. The monoisotopic (exact) mass is 237 g/mol. The molecule has 0 aromatic heterocycles. The van der Waals surface area contributed by atoms with Crippen molar-refractivity contribution in [3.8, 4) is 5.75 Å². The molecule has 2 rings (SSSR count). The van der Waals surface area contributed by atoms with Crippen LogP contribution in [-0.4, -0.2) is 36.5 Å². The summed E-state index contributed by atoms with van der Waals surface area (Å²) < 4.78 is 5.35. The Bertz CT molecular complexity index is 386. The van der Waals surface area contributed by atoms with E-state index in [0.717, 1.165) is 25.3 Å². The number of rotatable bonds is 3. The van der Waals surface area contributed by atoms with E-state index in [-0.39, 0.29) is 5.75 Å². The van der Waals surface area contributed by atoms with Crippen molar-refractivity contribution in [3.05, 3.63) is 23.8 Å². The first kappa shape index (κ1) is 12.2. The highest BCUT2D eigenvalue weighted by atomic mass is 16.5. The number of hydrogen-bond acceptors (Lipinski definition) is 4. The third-order valence-electron chi connectivity index (χ3n) is 3.32. The highest BCUT2D eigenvalue weighted by molar-refractivity contribution is 5.54. The van der Waals surface area contributed by atoms with E-state index >= 15 is 0 Å². The van der Waals surface area contributed by atoms with Crippen LogP contribution >= 0.6 is 0 Å². The number of ether oxygens (including phenoxy) is 1. The predicted molar refractivity (Wildman–Crippen MR) is 66.4 cm³/mol. The van der Waals surface area contributed by atoms with Crippen LogP contribution in [0.25, 0.3) is 0 Å². The lowest BCUT2D eigenvalue weighted by molar-refractivity contribution is 0.193. The minimum Gasteiger partial charge on any atom is -0.507 e. The topological polar surface area (TPSA) is 52.9 Å². The van der Waals surface area contributed by atoms with Crippen LogP contribution in [0.3, 0.4) is 0 Å². The van der Waals surface area contributed by atoms with Crippen LogP contribution < -0.4 is 4.90 Å². The molecule has 1 aromatic carbocycles. The van der Waals surface area contributed by atoms with E-state index in [2.05, 4.69) is 4.90 Å². The second-order valence-corrected chi connectivity index (χ2v) is 4.55. The quantitative estimate of drug-likeness (QED) is 0.839. The van der Waals surface area contributed by atoms with Gasteiger partial charge in [0.2, 0.25) is 0 Å².